The second kappa shape index (κ2) is 5.67. The van der Waals surface area contributed by atoms with Crippen molar-refractivity contribution in [2.75, 3.05) is 0 Å². The Morgan fingerprint density at radius 3 is 2.35 bits per heavy atom. The number of hydrogen-bond donors (Lipinski definition) is 0. The molecule has 0 aliphatic rings. The van der Waals surface area contributed by atoms with Crippen LogP contribution in [0.2, 0.25) is 15.1 Å². The molecule has 23 heavy (non-hydrogen) atoms. The van der Waals surface area contributed by atoms with Gasteiger partial charge in [0, 0.05) is 0 Å². The maximum absolute atomic E-state index is 12.9. The molecule has 0 bridgehead atoms. The molecule has 3 aromatic rings. The highest BCUT2D eigenvalue weighted by Gasteiger charge is 2.25. The van der Waals surface area contributed by atoms with Gasteiger partial charge in [-0.05, 0) is 49.2 Å². The van der Waals surface area contributed by atoms with E-state index in [0.29, 0.717) is 11.0 Å². The van der Waals surface area contributed by atoms with Crippen molar-refractivity contribution in [3.05, 3.63) is 56.8 Å². The molecule has 1 aromatic heterocycles. The Hall–Kier alpha value is -1.27. The standard InChI is InChI=1S/C15H11Cl3N2O2S/c1-8-5-11-12(6-9(8)2)20(7-19-11)23(21,22)13-4-3-10(16)14(17)15(13)18/h3-7H,1-2H3. The largest absolute Gasteiger partial charge is 0.271 e. The highest BCUT2D eigenvalue weighted by atomic mass is 35.5. The van der Waals surface area contributed by atoms with Crippen molar-refractivity contribution in [3.63, 3.8) is 0 Å². The van der Waals surface area contributed by atoms with Crippen LogP contribution in [-0.4, -0.2) is 17.4 Å². The van der Waals surface area contributed by atoms with Gasteiger partial charge in [0.25, 0.3) is 10.0 Å². The van der Waals surface area contributed by atoms with Gasteiger partial charge in [-0.2, -0.15) is 0 Å². The van der Waals surface area contributed by atoms with Crippen LogP contribution in [0.25, 0.3) is 11.0 Å². The van der Waals surface area contributed by atoms with Crippen molar-refractivity contribution in [2.24, 2.45) is 0 Å². The number of halogens is 3. The van der Waals surface area contributed by atoms with Gasteiger partial charge < -0.3 is 0 Å². The van der Waals surface area contributed by atoms with Gasteiger partial charge in [0.15, 0.2) is 0 Å². The molecule has 1 heterocycles. The third kappa shape index (κ3) is 2.62. The molecule has 0 fully saturated rings. The van der Waals surface area contributed by atoms with Crippen LogP contribution >= 0.6 is 34.8 Å². The second-order valence-corrected chi connectivity index (χ2v) is 8.09. The predicted molar refractivity (Wildman–Crippen MR) is 93.3 cm³/mol. The van der Waals surface area contributed by atoms with Crippen molar-refractivity contribution in [3.8, 4) is 0 Å². The lowest BCUT2D eigenvalue weighted by atomic mass is 10.1. The maximum Gasteiger partial charge on any atom is 0.271 e. The highest BCUT2D eigenvalue weighted by Crippen LogP contribution is 2.36. The Kier molecular flexibility index (Phi) is 4.09. The Morgan fingerprint density at radius 2 is 1.65 bits per heavy atom. The summed E-state index contributed by atoms with van der Waals surface area (Å²) in [5.41, 5.74) is 3.07. The Balaban J connectivity index is 2.30. The number of fused-ring (bicyclic) bond motifs is 1. The zero-order chi connectivity index (χ0) is 16.9. The SMILES string of the molecule is Cc1cc2ncn(S(=O)(=O)c3ccc(Cl)c(Cl)c3Cl)c2cc1C. The van der Waals surface area contributed by atoms with E-state index in [1.54, 1.807) is 6.07 Å². The number of hydrogen-bond acceptors (Lipinski definition) is 3. The molecule has 0 atom stereocenters. The van der Waals surface area contributed by atoms with Gasteiger partial charge >= 0.3 is 0 Å². The molecule has 0 saturated heterocycles. The zero-order valence-corrected chi connectivity index (χ0v) is 15.2. The first-order valence-electron chi connectivity index (χ1n) is 6.57. The molecular weight excluding hydrogens is 379 g/mol. The fourth-order valence-corrected chi connectivity index (χ4v) is 4.49. The molecule has 0 spiro atoms. The lowest BCUT2D eigenvalue weighted by Gasteiger charge is -2.10. The van der Waals surface area contributed by atoms with Crippen LogP contribution in [0.1, 0.15) is 11.1 Å². The minimum absolute atomic E-state index is 0.00542. The Bertz CT molecular complexity index is 1040. The third-order valence-corrected chi connectivity index (χ3v) is 6.78. The molecule has 4 nitrogen and oxygen atoms in total. The molecule has 0 unspecified atom stereocenters. The van der Waals surface area contributed by atoms with Gasteiger partial charge in [-0.3, -0.25) is 0 Å². The van der Waals surface area contributed by atoms with Crippen LogP contribution in [0.5, 0.6) is 0 Å². The summed E-state index contributed by atoms with van der Waals surface area (Å²) in [5.74, 6) is 0. The summed E-state index contributed by atoms with van der Waals surface area (Å²) in [6.07, 6.45) is 1.26. The first kappa shape index (κ1) is 16.6. The molecule has 0 N–H and O–H groups in total. The highest BCUT2D eigenvalue weighted by molar-refractivity contribution is 7.90. The summed E-state index contributed by atoms with van der Waals surface area (Å²) in [5, 5.41) is 0.0910. The van der Waals surface area contributed by atoms with Crippen molar-refractivity contribution in [2.45, 2.75) is 18.7 Å². The van der Waals surface area contributed by atoms with E-state index < -0.39 is 10.0 Å². The molecule has 8 heteroatoms. The van der Waals surface area contributed by atoms with E-state index in [1.807, 2.05) is 19.9 Å². The third-order valence-electron chi connectivity index (χ3n) is 3.67. The molecule has 0 aliphatic carbocycles. The molecule has 0 radical (unpaired) electrons. The number of rotatable bonds is 2. The first-order valence-corrected chi connectivity index (χ1v) is 9.14. The first-order chi connectivity index (χ1) is 10.7. The normalized spacial score (nSPS) is 12.0. The summed E-state index contributed by atoms with van der Waals surface area (Å²) >= 11 is 17.9. The number of nitrogens with zero attached hydrogens (tertiary/aromatic N) is 2. The van der Waals surface area contributed by atoms with Gasteiger partial charge in [0.2, 0.25) is 0 Å². The zero-order valence-electron chi connectivity index (χ0n) is 12.1. The van der Waals surface area contributed by atoms with E-state index in [4.69, 9.17) is 34.8 Å². The molecule has 0 amide bonds. The van der Waals surface area contributed by atoms with Gasteiger partial charge in [0.1, 0.15) is 11.2 Å². The van der Waals surface area contributed by atoms with E-state index in [2.05, 4.69) is 4.98 Å². The minimum atomic E-state index is -3.94. The molecule has 2 aromatic carbocycles. The van der Waals surface area contributed by atoms with Crippen molar-refractivity contribution < 1.29 is 8.42 Å². The van der Waals surface area contributed by atoms with Gasteiger partial charge in [-0.1, -0.05) is 34.8 Å². The van der Waals surface area contributed by atoms with Crippen LogP contribution in [0, 0.1) is 13.8 Å². The molecule has 3 rings (SSSR count). The summed E-state index contributed by atoms with van der Waals surface area (Å²) in [7, 11) is -3.94. The molecule has 0 saturated carbocycles. The quantitative estimate of drug-likeness (QED) is 0.589. The van der Waals surface area contributed by atoms with Gasteiger partial charge in [-0.15, -0.1) is 0 Å². The monoisotopic (exact) mass is 388 g/mol. The van der Waals surface area contributed by atoms with E-state index in [0.717, 1.165) is 15.1 Å². The van der Waals surface area contributed by atoms with Crippen molar-refractivity contribution in [1.29, 1.82) is 0 Å². The maximum atomic E-state index is 12.9. The summed E-state index contributed by atoms with van der Waals surface area (Å²) in [6.45, 7) is 3.85. The van der Waals surface area contributed by atoms with Crippen LogP contribution in [0.4, 0.5) is 0 Å². The van der Waals surface area contributed by atoms with E-state index in [-0.39, 0.29) is 20.0 Å². The number of aromatic nitrogens is 2. The van der Waals surface area contributed by atoms with Crippen LogP contribution < -0.4 is 0 Å². The van der Waals surface area contributed by atoms with E-state index >= 15 is 0 Å². The molecule has 0 aliphatic heterocycles. The molecule has 120 valence electrons. The Labute approximate surface area is 148 Å². The van der Waals surface area contributed by atoms with Gasteiger partial charge in [-0.25, -0.2) is 17.4 Å². The van der Waals surface area contributed by atoms with E-state index in [9.17, 15) is 8.42 Å². The molecular formula is C15H11Cl3N2O2S. The van der Waals surface area contributed by atoms with Crippen molar-refractivity contribution >= 4 is 55.9 Å². The predicted octanol–water partition coefficient (Wildman–Crippen LogP) is 4.85. The number of benzene rings is 2. The lowest BCUT2D eigenvalue weighted by Crippen LogP contribution is -2.12. The lowest BCUT2D eigenvalue weighted by molar-refractivity contribution is 0.589. The fourth-order valence-electron chi connectivity index (χ4n) is 2.25. The van der Waals surface area contributed by atoms with Gasteiger partial charge in [0.05, 0.1) is 26.1 Å². The summed E-state index contributed by atoms with van der Waals surface area (Å²) in [6, 6.07) is 6.35. The minimum Gasteiger partial charge on any atom is -0.236 e. The summed E-state index contributed by atoms with van der Waals surface area (Å²) < 4.78 is 26.9. The number of imidazole rings is 1. The average molecular weight is 390 g/mol. The fraction of sp³-hybridized carbons (Fsp3) is 0.133. The smallest absolute Gasteiger partial charge is 0.236 e. The van der Waals surface area contributed by atoms with Crippen molar-refractivity contribution in [1.82, 2.24) is 8.96 Å². The topological polar surface area (TPSA) is 52.0 Å². The summed E-state index contributed by atoms with van der Waals surface area (Å²) in [4.78, 5) is 4.04. The van der Waals surface area contributed by atoms with E-state index in [1.165, 1.54) is 18.5 Å². The second-order valence-electron chi connectivity index (χ2n) is 5.14. The average Bonchev–Trinajstić information content (AvgIpc) is 2.88. The van der Waals surface area contributed by atoms with Crippen LogP contribution in [-0.2, 0) is 10.0 Å². The number of aryl methyl sites for hydroxylation is 2. The Morgan fingerprint density at radius 1 is 1.00 bits per heavy atom. The van der Waals surface area contributed by atoms with Crippen LogP contribution in [0.3, 0.4) is 0 Å². The van der Waals surface area contributed by atoms with Crippen LogP contribution in [0.15, 0.2) is 35.5 Å².